The summed E-state index contributed by atoms with van der Waals surface area (Å²) in [7, 11) is -0.691. The van der Waals surface area contributed by atoms with Crippen LogP contribution in [0.4, 0.5) is 0 Å². The van der Waals surface area contributed by atoms with Gasteiger partial charge in [0.15, 0.2) is 17.5 Å². The van der Waals surface area contributed by atoms with Gasteiger partial charge in [0.2, 0.25) is 0 Å². The van der Waals surface area contributed by atoms with E-state index in [4.69, 9.17) is 15.0 Å². The van der Waals surface area contributed by atoms with Gasteiger partial charge in [-0.25, -0.2) is 15.0 Å². The molecule has 0 spiro atoms. The Labute approximate surface area is 267 Å². The molecule has 3 nitrogen and oxygen atoms in total. The minimum atomic E-state index is -0.691. The van der Waals surface area contributed by atoms with Crippen LogP contribution in [-0.2, 0) is 0 Å². The third-order valence-electron chi connectivity index (χ3n) is 8.44. The van der Waals surface area contributed by atoms with Crippen molar-refractivity contribution in [3.05, 3.63) is 157 Å². The van der Waals surface area contributed by atoms with E-state index in [-0.39, 0.29) is 0 Å². The molecule has 0 saturated carbocycles. The van der Waals surface area contributed by atoms with Crippen LogP contribution in [0.3, 0.4) is 0 Å². The third-order valence-corrected chi connectivity index (χ3v) is 10.9. The molecule has 45 heavy (non-hydrogen) atoms. The van der Waals surface area contributed by atoms with Crippen molar-refractivity contribution in [3.63, 3.8) is 0 Å². The lowest BCUT2D eigenvalue weighted by Gasteiger charge is -2.20. The second-order valence-corrected chi connectivity index (χ2v) is 14.1. The van der Waals surface area contributed by atoms with Crippen molar-refractivity contribution in [3.8, 4) is 22.5 Å². The number of hydrogen-bond acceptors (Lipinski definition) is 3. The Balaban J connectivity index is 1.29. The van der Waals surface area contributed by atoms with Gasteiger partial charge in [0, 0.05) is 11.1 Å². The summed E-state index contributed by atoms with van der Waals surface area (Å²) in [4.78, 5) is 15.1. The number of benzene rings is 4. The third kappa shape index (κ3) is 6.55. The average Bonchev–Trinajstić information content (AvgIpc) is 3.10. The van der Waals surface area contributed by atoms with E-state index in [0.717, 1.165) is 47.6 Å². The Morgan fingerprint density at radius 1 is 0.600 bits per heavy atom. The van der Waals surface area contributed by atoms with Crippen LogP contribution in [0.25, 0.3) is 33.7 Å². The lowest BCUT2D eigenvalue weighted by molar-refractivity contribution is 0.738. The fourth-order valence-electron chi connectivity index (χ4n) is 5.86. The van der Waals surface area contributed by atoms with E-state index in [1.807, 2.05) is 0 Å². The van der Waals surface area contributed by atoms with Crippen LogP contribution in [0.5, 0.6) is 0 Å². The molecule has 2 aliphatic carbocycles. The molecule has 220 valence electrons. The molecule has 0 aliphatic heterocycles. The molecule has 0 amide bonds. The van der Waals surface area contributed by atoms with E-state index in [0.29, 0.717) is 11.7 Å². The van der Waals surface area contributed by atoms with Crippen LogP contribution in [0, 0.1) is 5.92 Å². The van der Waals surface area contributed by atoms with Crippen molar-refractivity contribution in [1.82, 2.24) is 15.0 Å². The SMILES string of the molecule is CC1=CC=C(c2nc(C3=CCC(C)C=C3)nc(-c3cccc(-c4cccc(P(c5ccccc5)c5ccccc5)c4)c3)n2)CC1. The first-order valence-corrected chi connectivity index (χ1v) is 17.1. The highest BCUT2D eigenvalue weighted by atomic mass is 31.1. The summed E-state index contributed by atoms with van der Waals surface area (Å²) in [6, 6.07) is 39.4. The van der Waals surface area contributed by atoms with E-state index in [1.54, 1.807) is 0 Å². The normalized spacial score (nSPS) is 16.2. The van der Waals surface area contributed by atoms with Gasteiger partial charge in [-0.05, 0) is 84.8 Å². The Morgan fingerprint density at radius 2 is 1.22 bits per heavy atom. The van der Waals surface area contributed by atoms with Gasteiger partial charge in [0.25, 0.3) is 0 Å². The van der Waals surface area contributed by atoms with Crippen LogP contribution in [0.15, 0.2) is 145 Å². The van der Waals surface area contributed by atoms with Crippen molar-refractivity contribution in [2.45, 2.75) is 33.1 Å². The number of allylic oxidation sites excluding steroid dienone is 8. The Bertz CT molecular complexity index is 1910. The quantitative estimate of drug-likeness (QED) is 0.175. The molecule has 4 heteroatoms. The minimum Gasteiger partial charge on any atom is -0.209 e. The van der Waals surface area contributed by atoms with E-state index < -0.39 is 7.92 Å². The molecule has 0 fully saturated rings. The molecule has 0 radical (unpaired) electrons. The molecule has 2 aliphatic rings. The summed E-state index contributed by atoms with van der Waals surface area (Å²) in [6.45, 7) is 4.42. The standard InChI is InChI=1S/C41H36N3P/c1-29-19-23-31(24-20-29)39-42-40(32-25-21-30(2)22-26-32)44-41(43-39)35-13-9-11-33(27-35)34-12-10-18-38(28-34)45(36-14-5-3-6-15-36)37-16-7-4-8-17-37/h3-19,21,23-25,27-29H,20,22,26H2,1-2H3. The maximum absolute atomic E-state index is 5.05. The molecule has 1 aromatic heterocycles. The summed E-state index contributed by atoms with van der Waals surface area (Å²) < 4.78 is 0. The minimum absolute atomic E-state index is 0.529. The van der Waals surface area contributed by atoms with Crippen LogP contribution < -0.4 is 15.9 Å². The van der Waals surface area contributed by atoms with Gasteiger partial charge in [-0.15, -0.1) is 0 Å². The van der Waals surface area contributed by atoms with Crippen LogP contribution in [-0.4, -0.2) is 15.0 Å². The summed E-state index contributed by atoms with van der Waals surface area (Å²) in [5.74, 6) is 2.76. The summed E-state index contributed by atoms with van der Waals surface area (Å²) in [5.41, 5.74) is 6.95. The van der Waals surface area contributed by atoms with Gasteiger partial charge in [-0.2, -0.15) is 0 Å². The van der Waals surface area contributed by atoms with Gasteiger partial charge in [0.1, 0.15) is 0 Å². The first kappa shape index (κ1) is 29.0. The van der Waals surface area contributed by atoms with Crippen molar-refractivity contribution >= 4 is 35.0 Å². The fraction of sp³-hybridized carbons (Fsp3) is 0.146. The Kier molecular flexibility index (Phi) is 8.45. The maximum Gasteiger partial charge on any atom is 0.164 e. The van der Waals surface area contributed by atoms with E-state index in [9.17, 15) is 0 Å². The largest absolute Gasteiger partial charge is 0.209 e. The molecule has 7 rings (SSSR count). The highest BCUT2D eigenvalue weighted by molar-refractivity contribution is 7.79. The van der Waals surface area contributed by atoms with E-state index >= 15 is 0 Å². The van der Waals surface area contributed by atoms with E-state index in [2.05, 4.69) is 153 Å². The summed E-state index contributed by atoms with van der Waals surface area (Å²) >= 11 is 0. The van der Waals surface area contributed by atoms with Crippen molar-refractivity contribution in [2.24, 2.45) is 5.92 Å². The molecule has 0 bridgehead atoms. The number of nitrogens with zero attached hydrogens (tertiary/aromatic N) is 3. The second kappa shape index (κ2) is 13.1. The molecule has 5 aromatic rings. The monoisotopic (exact) mass is 601 g/mol. The van der Waals surface area contributed by atoms with Crippen LogP contribution in [0.2, 0.25) is 0 Å². The van der Waals surface area contributed by atoms with Crippen LogP contribution in [0.1, 0.15) is 44.8 Å². The predicted octanol–water partition coefficient (Wildman–Crippen LogP) is 9.07. The molecule has 4 aromatic carbocycles. The van der Waals surface area contributed by atoms with Gasteiger partial charge in [0.05, 0.1) is 0 Å². The average molecular weight is 602 g/mol. The zero-order valence-electron chi connectivity index (χ0n) is 25.8. The topological polar surface area (TPSA) is 38.7 Å². The highest BCUT2D eigenvalue weighted by Crippen LogP contribution is 2.35. The zero-order chi connectivity index (χ0) is 30.6. The summed E-state index contributed by atoms with van der Waals surface area (Å²) in [6.07, 6.45) is 14.0. The molecule has 1 heterocycles. The summed E-state index contributed by atoms with van der Waals surface area (Å²) in [5, 5.41) is 4.02. The maximum atomic E-state index is 5.05. The lowest BCUT2D eigenvalue weighted by Crippen LogP contribution is -2.20. The first-order valence-electron chi connectivity index (χ1n) is 15.7. The first-order chi connectivity index (χ1) is 22.1. The fourth-order valence-corrected chi connectivity index (χ4v) is 8.20. The zero-order valence-corrected chi connectivity index (χ0v) is 26.7. The molecule has 0 N–H and O–H groups in total. The molecular formula is C41H36N3P. The molecular weight excluding hydrogens is 565 g/mol. The van der Waals surface area contributed by atoms with Gasteiger partial charge in [-0.1, -0.05) is 140 Å². The second-order valence-electron chi connectivity index (χ2n) is 11.9. The van der Waals surface area contributed by atoms with E-state index in [1.165, 1.54) is 32.6 Å². The number of aromatic nitrogens is 3. The number of rotatable bonds is 7. The van der Waals surface area contributed by atoms with Gasteiger partial charge in [-0.3, -0.25) is 0 Å². The molecule has 1 unspecified atom stereocenters. The van der Waals surface area contributed by atoms with Crippen molar-refractivity contribution in [1.29, 1.82) is 0 Å². The van der Waals surface area contributed by atoms with Crippen molar-refractivity contribution < 1.29 is 0 Å². The smallest absolute Gasteiger partial charge is 0.164 e. The lowest BCUT2D eigenvalue weighted by atomic mass is 9.97. The Hall–Kier alpha value is -4.72. The Morgan fingerprint density at radius 3 is 1.89 bits per heavy atom. The van der Waals surface area contributed by atoms with Gasteiger partial charge >= 0.3 is 0 Å². The number of hydrogen-bond donors (Lipinski definition) is 0. The highest BCUT2D eigenvalue weighted by Gasteiger charge is 2.19. The van der Waals surface area contributed by atoms with Crippen LogP contribution >= 0.6 is 7.92 Å². The molecule has 1 atom stereocenters. The van der Waals surface area contributed by atoms with Crippen molar-refractivity contribution in [2.75, 3.05) is 0 Å². The molecule has 0 saturated heterocycles. The predicted molar refractivity (Wildman–Crippen MR) is 191 cm³/mol. The van der Waals surface area contributed by atoms with Gasteiger partial charge < -0.3 is 0 Å².